The molecule has 1 aliphatic rings. The van der Waals surface area contributed by atoms with Gasteiger partial charge in [0.05, 0.1) is 0 Å². The summed E-state index contributed by atoms with van der Waals surface area (Å²) in [6, 6.07) is 13.2. The van der Waals surface area contributed by atoms with E-state index in [-0.39, 0.29) is 5.78 Å². The van der Waals surface area contributed by atoms with E-state index in [4.69, 9.17) is 0 Å². The van der Waals surface area contributed by atoms with Crippen molar-refractivity contribution in [2.75, 3.05) is 18.0 Å². The van der Waals surface area contributed by atoms with Gasteiger partial charge in [0.2, 0.25) is 0 Å². The number of carbonyl (C=O) groups is 1. The molecule has 2 aromatic rings. The van der Waals surface area contributed by atoms with Crippen LogP contribution in [-0.2, 0) is 0 Å². The molecule has 3 rings (SSSR count). The largest absolute Gasteiger partial charge is 0.357 e. The molecule has 0 spiro atoms. The minimum atomic E-state index is 0.0329. The lowest BCUT2D eigenvalue weighted by atomic mass is 10.1. The Morgan fingerprint density at radius 1 is 0.857 bits per heavy atom. The van der Waals surface area contributed by atoms with Crippen molar-refractivity contribution in [2.24, 2.45) is 0 Å². The quantitative estimate of drug-likeness (QED) is 0.804. The molecule has 1 saturated heterocycles. The van der Waals surface area contributed by atoms with Crippen LogP contribution in [0.1, 0.15) is 41.6 Å². The number of hydrogen-bond acceptors (Lipinski definition) is 3. The molecule has 0 amide bonds. The predicted molar refractivity (Wildman–Crippen MR) is 84.8 cm³/mol. The highest BCUT2D eigenvalue weighted by molar-refractivity contribution is 6.08. The van der Waals surface area contributed by atoms with E-state index in [0.29, 0.717) is 11.1 Å². The van der Waals surface area contributed by atoms with Crippen molar-refractivity contribution in [3.63, 3.8) is 0 Å². The van der Waals surface area contributed by atoms with Crippen molar-refractivity contribution in [1.82, 2.24) is 4.98 Å². The first kappa shape index (κ1) is 13.8. The van der Waals surface area contributed by atoms with Gasteiger partial charge in [0.15, 0.2) is 5.78 Å². The molecular weight excluding hydrogens is 260 g/mol. The molecule has 108 valence electrons. The number of rotatable bonds is 3. The minimum absolute atomic E-state index is 0.0329. The van der Waals surface area contributed by atoms with Gasteiger partial charge >= 0.3 is 0 Å². The molecule has 0 N–H and O–H groups in total. The normalized spacial score (nSPS) is 15.5. The maximum atomic E-state index is 12.3. The average Bonchev–Trinajstić information content (AvgIpc) is 2.84. The second-order valence-electron chi connectivity index (χ2n) is 5.50. The van der Waals surface area contributed by atoms with E-state index in [1.54, 1.807) is 6.20 Å². The van der Waals surface area contributed by atoms with Crippen molar-refractivity contribution in [3.8, 4) is 0 Å². The van der Waals surface area contributed by atoms with E-state index < -0.39 is 0 Å². The molecule has 0 bridgehead atoms. The molecule has 0 atom stereocenters. The van der Waals surface area contributed by atoms with Crippen molar-refractivity contribution in [3.05, 3.63) is 59.8 Å². The van der Waals surface area contributed by atoms with Crippen LogP contribution in [-0.4, -0.2) is 23.9 Å². The van der Waals surface area contributed by atoms with Crippen LogP contribution in [0.5, 0.6) is 0 Å². The van der Waals surface area contributed by atoms with Crippen LogP contribution in [0.15, 0.2) is 48.7 Å². The molecule has 0 aliphatic carbocycles. The van der Waals surface area contributed by atoms with Crippen LogP contribution in [0, 0.1) is 0 Å². The number of aromatic nitrogens is 1. The van der Waals surface area contributed by atoms with Crippen molar-refractivity contribution in [2.45, 2.75) is 25.7 Å². The average molecular weight is 280 g/mol. The lowest BCUT2D eigenvalue weighted by Crippen LogP contribution is -2.24. The Bertz CT molecular complexity index is 584. The maximum Gasteiger partial charge on any atom is 0.194 e. The zero-order chi connectivity index (χ0) is 14.5. The first-order valence-electron chi connectivity index (χ1n) is 7.65. The third kappa shape index (κ3) is 3.30. The van der Waals surface area contributed by atoms with Crippen molar-refractivity contribution in [1.29, 1.82) is 0 Å². The van der Waals surface area contributed by atoms with E-state index in [9.17, 15) is 4.79 Å². The number of hydrogen-bond donors (Lipinski definition) is 0. The molecule has 1 fully saturated rings. The highest BCUT2D eigenvalue weighted by atomic mass is 16.1. The third-order valence-electron chi connectivity index (χ3n) is 3.98. The fraction of sp³-hybridized carbons (Fsp3) is 0.333. The second-order valence-corrected chi connectivity index (χ2v) is 5.50. The predicted octanol–water partition coefficient (Wildman–Crippen LogP) is 3.69. The van der Waals surface area contributed by atoms with Gasteiger partial charge < -0.3 is 4.90 Å². The van der Waals surface area contributed by atoms with Crippen molar-refractivity contribution < 1.29 is 4.79 Å². The molecule has 3 nitrogen and oxygen atoms in total. The Morgan fingerprint density at radius 3 is 2.19 bits per heavy atom. The summed E-state index contributed by atoms with van der Waals surface area (Å²) < 4.78 is 0. The van der Waals surface area contributed by atoms with E-state index in [1.165, 1.54) is 25.7 Å². The fourth-order valence-corrected chi connectivity index (χ4v) is 2.76. The Balaban J connectivity index is 1.76. The summed E-state index contributed by atoms with van der Waals surface area (Å²) in [4.78, 5) is 19.2. The van der Waals surface area contributed by atoms with Gasteiger partial charge in [-0.1, -0.05) is 43.2 Å². The number of anilines is 1. The lowest BCUT2D eigenvalue weighted by molar-refractivity contribution is 0.103. The van der Waals surface area contributed by atoms with E-state index in [1.807, 2.05) is 42.5 Å². The number of benzene rings is 1. The number of carbonyl (C=O) groups excluding carboxylic acids is 1. The SMILES string of the molecule is O=C(c1ccccc1)c1ccc(N2CCCCCC2)nc1. The molecule has 0 radical (unpaired) electrons. The second kappa shape index (κ2) is 6.53. The summed E-state index contributed by atoms with van der Waals surface area (Å²) in [7, 11) is 0. The highest BCUT2D eigenvalue weighted by Gasteiger charge is 2.13. The number of pyridine rings is 1. The Labute approximate surface area is 125 Å². The number of nitrogens with zero attached hydrogens (tertiary/aromatic N) is 2. The van der Waals surface area contributed by atoms with Crippen LogP contribution in [0.3, 0.4) is 0 Å². The van der Waals surface area contributed by atoms with Crippen molar-refractivity contribution >= 4 is 11.6 Å². The van der Waals surface area contributed by atoms with Crippen LogP contribution in [0.4, 0.5) is 5.82 Å². The van der Waals surface area contributed by atoms with E-state index in [0.717, 1.165) is 18.9 Å². The molecular formula is C18H20N2O. The van der Waals surface area contributed by atoms with Crippen LogP contribution in [0.2, 0.25) is 0 Å². The molecule has 0 unspecified atom stereocenters. The third-order valence-corrected chi connectivity index (χ3v) is 3.98. The summed E-state index contributed by atoms with van der Waals surface area (Å²) in [5, 5.41) is 0. The topological polar surface area (TPSA) is 33.2 Å². The fourth-order valence-electron chi connectivity index (χ4n) is 2.76. The molecule has 3 heteroatoms. The molecule has 1 aromatic heterocycles. The monoisotopic (exact) mass is 280 g/mol. The van der Waals surface area contributed by atoms with Gasteiger partial charge in [-0.2, -0.15) is 0 Å². The summed E-state index contributed by atoms with van der Waals surface area (Å²) >= 11 is 0. The Morgan fingerprint density at radius 2 is 1.57 bits per heavy atom. The van der Waals surface area contributed by atoms with Gasteiger partial charge in [-0.15, -0.1) is 0 Å². The van der Waals surface area contributed by atoms with Crippen LogP contribution in [0.25, 0.3) is 0 Å². The Kier molecular flexibility index (Phi) is 4.29. The smallest absolute Gasteiger partial charge is 0.194 e. The Hall–Kier alpha value is -2.16. The summed E-state index contributed by atoms with van der Waals surface area (Å²) in [5.41, 5.74) is 1.36. The summed E-state index contributed by atoms with van der Waals surface area (Å²) in [6.07, 6.45) is 6.77. The van der Waals surface area contributed by atoms with Gasteiger partial charge in [-0.25, -0.2) is 4.98 Å². The highest BCUT2D eigenvalue weighted by Crippen LogP contribution is 2.18. The molecule has 21 heavy (non-hydrogen) atoms. The van der Waals surface area contributed by atoms with Gasteiger partial charge in [0.1, 0.15) is 5.82 Å². The van der Waals surface area contributed by atoms with E-state index >= 15 is 0 Å². The van der Waals surface area contributed by atoms with Gasteiger partial charge in [0, 0.05) is 30.4 Å². The minimum Gasteiger partial charge on any atom is -0.357 e. The first-order chi connectivity index (χ1) is 10.3. The molecule has 2 heterocycles. The van der Waals surface area contributed by atoms with Crippen LogP contribution >= 0.6 is 0 Å². The zero-order valence-corrected chi connectivity index (χ0v) is 12.2. The van der Waals surface area contributed by atoms with E-state index in [2.05, 4.69) is 9.88 Å². The van der Waals surface area contributed by atoms with Gasteiger partial charge in [-0.3, -0.25) is 4.79 Å². The molecule has 1 aliphatic heterocycles. The summed E-state index contributed by atoms with van der Waals surface area (Å²) in [5.74, 6) is 1.02. The maximum absolute atomic E-state index is 12.3. The zero-order valence-electron chi connectivity index (χ0n) is 12.2. The summed E-state index contributed by atoms with van der Waals surface area (Å²) in [6.45, 7) is 2.14. The molecule has 1 aromatic carbocycles. The standard InChI is InChI=1S/C18H20N2O/c21-18(15-8-4-3-5-9-15)16-10-11-17(19-14-16)20-12-6-1-2-7-13-20/h3-5,8-11,14H,1-2,6-7,12-13H2. The van der Waals surface area contributed by atoms with Crippen LogP contribution < -0.4 is 4.90 Å². The van der Waals surface area contributed by atoms with Gasteiger partial charge in [0.25, 0.3) is 0 Å². The number of ketones is 1. The lowest BCUT2D eigenvalue weighted by Gasteiger charge is -2.21. The molecule has 0 saturated carbocycles. The van der Waals surface area contributed by atoms with Gasteiger partial charge in [-0.05, 0) is 25.0 Å². The first-order valence-corrected chi connectivity index (χ1v) is 7.65.